The number of likely N-dealkylation sites (N-methyl/N-ethyl adjacent to an activating group) is 1. The van der Waals surface area contributed by atoms with Crippen molar-refractivity contribution in [2.45, 2.75) is 26.3 Å². The monoisotopic (exact) mass is 296 g/mol. The molecule has 0 fully saturated rings. The lowest BCUT2D eigenvalue weighted by atomic mass is 10.0. The molecule has 1 aromatic carbocycles. The third kappa shape index (κ3) is 2.85. The molecule has 3 aromatic rings. The van der Waals surface area contributed by atoms with Crippen LogP contribution in [-0.2, 0) is 6.42 Å². The maximum absolute atomic E-state index is 4.45. The van der Waals surface area contributed by atoms with Crippen molar-refractivity contribution in [1.82, 2.24) is 10.3 Å². The predicted octanol–water partition coefficient (Wildman–Crippen LogP) is 4.42. The predicted molar refractivity (Wildman–Crippen MR) is 91.0 cm³/mol. The zero-order valence-electron chi connectivity index (χ0n) is 12.7. The lowest BCUT2D eigenvalue weighted by Gasteiger charge is -2.16. The van der Waals surface area contributed by atoms with Crippen LogP contribution < -0.4 is 5.32 Å². The third-order valence-corrected chi connectivity index (χ3v) is 5.31. The van der Waals surface area contributed by atoms with Crippen LogP contribution in [0.1, 0.15) is 26.9 Å². The van der Waals surface area contributed by atoms with Crippen molar-refractivity contribution >= 4 is 22.2 Å². The van der Waals surface area contributed by atoms with Gasteiger partial charge in [-0.15, -0.1) is 11.3 Å². The van der Waals surface area contributed by atoms with E-state index in [2.05, 4.69) is 54.5 Å². The summed E-state index contributed by atoms with van der Waals surface area (Å²) in [5.41, 5.74) is 3.81. The smallest absolute Gasteiger partial charge is 0.0704 e. The number of pyridine rings is 1. The Morgan fingerprint density at radius 3 is 2.71 bits per heavy atom. The minimum atomic E-state index is 0.355. The van der Waals surface area contributed by atoms with Gasteiger partial charge in [-0.3, -0.25) is 4.98 Å². The highest BCUT2D eigenvalue weighted by atomic mass is 32.1. The second-order valence-corrected chi connectivity index (χ2v) is 6.71. The van der Waals surface area contributed by atoms with Gasteiger partial charge in [-0.2, -0.15) is 0 Å². The molecule has 0 aliphatic rings. The fraction of sp³-hybridized carbons (Fsp3) is 0.278. The summed E-state index contributed by atoms with van der Waals surface area (Å²) >= 11 is 1.89. The van der Waals surface area contributed by atoms with Gasteiger partial charge in [-0.25, -0.2) is 0 Å². The summed E-state index contributed by atoms with van der Waals surface area (Å²) in [4.78, 5) is 7.27. The molecule has 0 spiro atoms. The largest absolute Gasteiger partial charge is 0.312 e. The van der Waals surface area contributed by atoms with Gasteiger partial charge in [0.25, 0.3) is 0 Å². The molecule has 1 unspecified atom stereocenters. The van der Waals surface area contributed by atoms with Crippen LogP contribution in [0.3, 0.4) is 0 Å². The summed E-state index contributed by atoms with van der Waals surface area (Å²) in [7, 11) is 2.04. The van der Waals surface area contributed by atoms with E-state index in [9.17, 15) is 0 Å². The van der Waals surface area contributed by atoms with Gasteiger partial charge in [-0.1, -0.05) is 18.2 Å². The molecule has 0 saturated heterocycles. The minimum absolute atomic E-state index is 0.355. The zero-order chi connectivity index (χ0) is 14.8. The average Bonchev–Trinajstić information content (AvgIpc) is 2.84. The summed E-state index contributed by atoms with van der Waals surface area (Å²) in [5, 5.41) is 4.72. The van der Waals surface area contributed by atoms with Crippen LogP contribution in [0.2, 0.25) is 0 Å². The van der Waals surface area contributed by atoms with E-state index in [1.54, 1.807) is 0 Å². The molecule has 2 heterocycles. The number of thiophene rings is 1. The van der Waals surface area contributed by atoms with E-state index < -0.39 is 0 Å². The topological polar surface area (TPSA) is 24.9 Å². The summed E-state index contributed by atoms with van der Waals surface area (Å²) < 4.78 is 0. The number of hydrogen-bond donors (Lipinski definition) is 1. The van der Waals surface area contributed by atoms with E-state index in [0.717, 1.165) is 11.9 Å². The molecular weight excluding hydrogens is 276 g/mol. The lowest BCUT2D eigenvalue weighted by molar-refractivity contribution is 0.604. The molecule has 0 amide bonds. The molecular formula is C18H20N2S. The Hall–Kier alpha value is -1.71. The van der Waals surface area contributed by atoms with Crippen molar-refractivity contribution in [3.8, 4) is 0 Å². The summed E-state index contributed by atoms with van der Waals surface area (Å²) in [6, 6.07) is 13.2. The Morgan fingerprint density at radius 2 is 2.00 bits per heavy atom. The highest BCUT2D eigenvalue weighted by Crippen LogP contribution is 2.30. The number of benzene rings is 1. The highest BCUT2D eigenvalue weighted by molar-refractivity contribution is 7.12. The van der Waals surface area contributed by atoms with Gasteiger partial charge in [0.05, 0.1) is 5.52 Å². The maximum atomic E-state index is 4.45. The molecule has 3 heteroatoms. The van der Waals surface area contributed by atoms with Crippen molar-refractivity contribution in [2.24, 2.45) is 0 Å². The number of nitrogens with one attached hydrogen (secondary N) is 1. The second-order valence-electron chi connectivity index (χ2n) is 5.42. The normalized spacial score (nSPS) is 12.7. The van der Waals surface area contributed by atoms with Gasteiger partial charge >= 0.3 is 0 Å². The first-order valence-electron chi connectivity index (χ1n) is 7.26. The van der Waals surface area contributed by atoms with E-state index in [-0.39, 0.29) is 0 Å². The quantitative estimate of drug-likeness (QED) is 0.771. The van der Waals surface area contributed by atoms with Gasteiger partial charge in [0, 0.05) is 27.4 Å². The second kappa shape index (κ2) is 5.96. The Bertz CT molecular complexity index is 736. The number of fused-ring (bicyclic) bond motifs is 1. The molecule has 3 rings (SSSR count). The van der Waals surface area contributed by atoms with Crippen LogP contribution in [0.5, 0.6) is 0 Å². The molecule has 0 radical (unpaired) electrons. The minimum Gasteiger partial charge on any atom is -0.312 e. The van der Waals surface area contributed by atoms with Gasteiger partial charge in [0.15, 0.2) is 0 Å². The SMILES string of the molecule is CNC(Cc1ccnc2ccccc12)c1cc(C)c(C)s1. The number of aryl methyl sites for hydroxylation is 2. The van der Waals surface area contributed by atoms with Crippen LogP contribution >= 0.6 is 11.3 Å². The van der Waals surface area contributed by atoms with Crippen LogP contribution in [0.25, 0.3) is 10.9 Å². The number of nitrogens with zero attached hydrogens (tertiary/aromatic N) is 1. The van der Waals surface area contributed by atoms with Crippen LogP contribution in [0, 0.1) is 13.8 Å². The first-order chi connectivity index (χ1) is 10.2. The summed E-state index contributed by atoms with van der Waals surface area (Å²) in [6.07, 6.45) is 2.90. The van der Waals surface area contributed by atoms with Crippen LogP contribution in [-0.4, -0.2) is 12.0 Å². The fourth-order valence-electron chi connectivity index (χ4n) is 2.67. The van der Waals surface area contributed by atoms with Crippen molar-refractivity contribution in [3.63, 3.8) is 0 Å². The molecule has 2 nitrogen and oxygen atoms in total. The van der Waals surface area contributed by atoms with E-state index in [4.69, 9.17) is 0 Å². The summed E-state index contributed by atoms with van der Waals surface area (Å²) in [6.45, 7) is 4.38. The van der Waals surface area contributed by atoms with Crippen LogP contribution in [0.4, 0.5) is 0 Å². The van der Waals surface area contributed by atoms with E-state index in [1.165, 1.54) is 26.3 Å². The van der Waals surface area contributed by atoms with Gasteiger partial charge in [-0.05, 0) is 56.6 Å². The molecule has 2 aromatic heterocycles. The Kier molecular flexibility index (Phi) is 4.04. The first kappa shape index (κ1) is 14.2. The van der Waals surface area contributed by atoms with Crippen molar-refractivity contribution in [3.05, 3.63) is 63.5 Å². The average molecular weight is 296 g/mol. The van der Waals surface area contributed by atoms with Gasteiger partial charge in [0.2, 0.25) is 0 Å². The fourth-order valence-corrected chi connectivity index (χ4v) is 3.82. The van der Waals surface area contributed by atoms with Crippen molar-refractivity contribution in [1.29, 1.82) is 0 Å². The number of aromatic nitrogens is 1. The molecule has 21 heavy (non-hydrogen) atoms. The maximum Gasteiger partial charge on any atom is 0.0704 e. The number of para-hydroxylation sites is 1. The van der Waals surface area contributed by atoms with Crippen LogP contribution in [0.15, 0.2) is 42.6 Å². The Balaban J connectivity index is 1.96. The number of hydrogen-bond acceptors (Lipinski definition) is 3. The third-order valence-electron chi connectivity index (χ3n) is 4.04. The van der Waals surface area contributed by atoms with E-state index in [0.29, 0.717) is 6.04 Å². The summed E-state index contributed by atoms with van der Waals surface area (Å²) in [5.74, 6) is 0. The lowest BCUT2D eigenvalue weighted by Crippen LogP contribution is -2.17. The van der Waals surface area contributed by atoms with Gasteiger partial charge in [0.1, 0.15) is 0 Å². The molecule has 0 aliphatic carbocycles. The molecule has 108 valence electrons. The van der Waals surface area contributed by atoms with E-state index >= 15 is 0 Å². The van der Waals surface area contributed by atoms with Crippen molar-refractivity contribution < 1.29 is 0 Å². The van der Waals surface area contributed by atoms with E-state index in [1.807, 2.05) is 30.6 Å². The zero-order valence-corrected chi connectivity index (χ0v) is 13.5. The molecule has 1 atom stereocenters. The molecule has 0 saturated carbocycles. The molecule has 1 N–H and O–H groups in total. The highest BCUT2D eigenvalue weighted by Gasteiger charge is 2.15. The standard InChI is InChI=1S/C18H20N2S/c1-12-10-18(21-13(12)2)17(19-3)11-14-8-9-20-16-7-5-4-6-15(14)16/h4-10,17,19H,11H2,1-3H3. The van der Waals surface area contributed by atoms with Crippen molar-refractivity contribution in [2.75, 3.05) is 7.05 Å². The Morgan fingerprint density at radius 1 is 1.19 bits per heavy atom. The van der Waals surface area contributed by atoms with Gasteiger partial charge < -0.3 is 5.32 Å². The molecule has 0 aliphatic heterocycles. The number of rotatable bonds is 4. The first-order valence-corrected chi connectivity index (χ1v) is 8.07. The molecule has 0 bridgehead atoms. The Labute approximate surface area is 129 Å².